The minimum Gasteiger partial charge on any atom is -0.399 e. The molecule has 7 heteroatoms. The summed E-state index contributed by atoms with van der Waals surface area (Å²) in [6.45, 7) is 0.0320. The summed E-state index contributed by atoms with van der Waals surface area (Å²) < 4.78 is 0. The molecular weight excluding hydrogens is 270 g/mol. The van der Waals surface area contributed by atoms with Crippen LogP contribution in [0.15, 0.2) is 43.0 Å². The van der Waals surface area contributed by atoms with Crippen LogP contribution in [-0.4, -0.2) is 33.2 Å². The standard InChI is InChI=1S/C14H15N5O2/c15-12-3-1-2-10(4-12)7-19(8-13(16)20)14(21)11-5-17-9-18-6-11/h1-6,9H,7-8,15H2,(H2,16,20). The van der Waals surface area contributed by atoms with Gasteiger partial charge in [-0.1, -0.05) is 12.1 Å². The monoisotopic (exact) mass is 285 g/mol. The van der Waals surface area contributed by atoms with Crippen molar-refractivity contribution in [3.8, 4) is 0 Å². The normalized spacial score (nSPS) is 10.1. The predicted molar refractivity (Wildman–Crippen MR) is 76.8 cm³/mol. The average molecular weight is 285 g/mol. The summed E-state index contributed by atoms with van der Waals surface area (Å²) in [5.74, 6) is -0.957. The van der Waals surface area contributed by atoms with E-state index >= 15 is 0 Å². The summed E-state index contributed by atoms with van der Waals surface area (Å²) >= 11 is 0. The van der Waals surface area contributed by atoms with Gasteiger partial charge < -0.3 is 16.4 Å². The maximum absolute atomic E-state index is 12.4. The van der Waals surface area contributed by atoms with Crippen molar-refractivity contribution in [2.45, 2.75) is 6.54 Å². The first kappa shape index (κ1) is 14.4. The van der Waals surface area contributed by atoms with Gasteiger partial charge in [0.1, 0.15) is 6.33 Å². The van der Waals surface area contributed by atoms with E-state index in [0.29, 0.717) is 11.3 Å². The summed E-state index contributed by atoms with van der Waals surface area (Å²) in [6, 6.07) is 7.08. The molecule has 108 valence electrons. The number of hydrogen-bond acceptors (Lipinski definition) is 5. The SMILES string of the molecule is NC(=O)CN(Cc1cccc(N)c1)C(=O)c1cncnc1. The summed E-state index contributed by atoms with van der Waals surface area (Å²) in [5, 5.41) is 0. The Bertz CT molecular complexity index is 645. The van der Waals surface area contributed by atoms with Crippen LogP contribution in [0, 0.1) is 0 Å². The Kier molecular flexibility index (Phi) is 4.45. The van der Waals surface area contributed by atoms with Crippen molar-refractivity contribution in [3.63, 3.8) is 0 Å². The van der Waals surface area contributed by atoms with Crippen LogP contribution >= 0.6 is 0 Å². The smallest absolute Gasteiger partial charge is 0.257 e. The van der Waals surface area contributed by atoms with E-state index in [1.807, 2.05) is 6.07 Å². The fourth-order valence-electron chi connectivity index (χ4n) is 1.89. The van der Waals surface area contributed by atoms with Crippen LogP contribution in [-0.2, 0) is 11.3 Å². The number of carbonyl (C=O) groups is 2. The van der Waals surface area contributed by atoms with Gasteiger partial charge in [-0.3, -0.25) is 9.59 Å². The molecule has 0 radical (unpaired) electrons. The molecule has 21 heavy (non-hydrogen) atoms. The van der Waals surface area contributed by atoms with Gasteiger partial charge in [0.25, 0.3) is 5.91 Å². The fraction of sp³-hybridized carbons (Fsp3) is 0.143. The van der Waals surface area contributed by atoms with Gasteiger partial charge in [0, 0.05) is 24.6 Å². The summed E-state index contributed by atoms with van der Waals surface area (Å²) in [4.78, 5) is 32.5. The second-order valence-electron chi connectivity index (χ2n) is 4.50. The molecule has 2 rings (SSSR count). The highest BCUT2D eigenvalue weighted by molar-refractivity contribution is 5.95. The van der Waals surface area contributed by atoms with Crippen LogP contribution in [0.25, 0.3) is 0 Å². The Hall–Kier alpha value is -2.96. The number of anilines is 1. The summed E-state index contributed by atoms with van der Waals surface area (Å²) in [5.41, 5.74) is 12.6. The Balaban J connectivity index is 2.22. The third-order valence-electron chi connectivity index (χ3n) is 2.77. The molecule has 1 aromatic heterocycles. The molecule has 1 heterocycles. The number of nitrogens with two attached hydrogens (primary N) is 2. The molecule has 0 aliphatic heterocycles. The third-order valence-corrected chi connectivity index (χ3v) is 2.77. The number of rotatable bonds is 5. The number of amides is 2. The molecule has 2 aromatic rings. The van der Waals surface area contributed by atoms with Crippen LogP contribution in [0.5, 0.6) is 0 Å². The lowest BCUT2D eigenvalue weighted by molar-refractivity contribution is -0.118. The molecule has 0 aliphatic carbocycles. The zero-order valence-electron chi connectivity index (χ0n) is 11.3. The molecule has 0 atom stereocenters. The van der Waals surface area contributed by atoms with E-state index in [-0.39, 0.29) is 19.0 Å². The predicted octanol–water partition coefficient (Wildman–Crippen LogP) is 0.186. The molecule has 1 aromatic carbocycles. The molecular formula is C14H15N5O2. The van der Waals surface area contributed by atoms with E-state index in [1.165, 1.54) is 23.6 Å². The average Bonchev–Trinajstić information content (AvgIpc) is 2.46. The lowest BCUT2D eigenvalue weighted by Gasteiger charge is -2.21. The van der Waals surface area contributed by atoms with Crippen molar-refractivity contribution >= 4 is 17.5 Å². The summed E-state index contributed by atoms with van der Waals surface area (Å²) in [7, 11) is 0. The highest BCUT2D eigenvalue weighted by Crippen LogP contribution is 2.11. The number of aromatic nitrogens is 2. The molecule has 0 bridgehead atoms. The number of primary amides is 1. The zero-order chi connectivity index (χ0) is 15.2. The van der Waals surface area contributed by atoms with Gasteiger partial charge in [-0.15, -0.1) is 0 Å². The van der Waals surface area contributed by atoms with Gasteiger partial charge >= 0.3 is 0 Å². The quantitative estimate of drug-likeness (QED) is 0.761. The highest BCUT2D eigenvalue weighted by Gasteiger charge is 2.18. The lowest BCUT2D eigenvalue weighted by Crippen LogP contribution is -2.38. The van der Waals surface area contributed by atoms with Crippen LogP contribution in [0.3, 0.4) is 0 Å². The number of carbonyl (C=O) groups excluding carboxylic acids is 2. The van der Waals surface area contributed by atoms with Crippen molar-refractivity contribution in [1.29, 1.82) is 0 Å². The Morgan fingerprint density at radius 1 is 1.19 bits per heavy atom. The Labute approximate surface area is 121 Å². The van der Waals surface area contributed by atoms with Crippen LogP contribution in [0.1, 0.15) is 15.9 Å². The minimum absolute atomic E-state index is 0.192. The van der Waals surface area contributed by atoms with E-state index < -0.39 is 5.91 Å². The van der Waals surface area contributed by atoms with E-state index in [2.05, 4.69) is 9.97 Å². The van der Waals surface area contributed by atoms with Gasteiger partial charge in [0.15, 0.2) is 0 Å². The molecule has 0 aliphatic rings. The molecule has 0 fully saturated rings. The molecule has 0 spiro atoms. The summed E-state index contributed by atoms with van der Waals surface area (Å²) in [6.07, 6.45) is 4.11. The third kappa shape index (κ3) is 4.00. The Morgan fingerprint density at radius 2 is 1.90 bits per heavy atom. The van der Waals surface area contributed by atoms with Crippen molar-refractivity contribution in [1.82, 2.24) is 14.9 Å². The van der Waals surface area contributed by atoms with E-state index in [9.17, 15) is 9.59 Å². The zero-order valence-corrected chi connectivity index (χ0v) is 11.3. The second kappa shape index (κ2) is 6.47. The van der Waals surface area contributed by atoms with Crippen molar-refractivity contribution in [2.24, 2.45) is 5.73 Å². The van der Waals surface area contributed by atoms with Gasteiger partial charge in [-0.2, -0.15) is 0 Å². The first-order chi connectivity index (χ1) is 10.1. The largest absolute Gasteiger partial charge is 0.399 e. The van der Waals surface area contributed by atoms with Crippen LogP contribution in [0.4, 0.5) is 5.69 Å². The highest BCUT2D eigenvalue weighted by atomic mass is 16.2. The molecule has 0 saturated heterocycles. The molecule has 4 N–H and O–H groups in total. The first-order valence-corrected chi connectivity index (χ1v) is 6.23. The van der Waals surface area contributed by atoms with Crippen LogP contribution < -0.4 is 11.5 Å². The lowest BCUT2D eigenvalue weighted by atomic mass is 10.1. The van der Waals surface area contributed by atoms with Gasteiger partial charge in [-0.25, -0.2) is 9.97 Å². The number of benzene rings is 1. The molecule has 7 nitrogen and oxygen atoms in total. The van der Waals surface area contributed by atoms with Crippen molar-refractivity contribution in [2.75, 3.05) is 12.3 Å². The maximum atomic E-state index is 12.4. The van der Waals surface area contributed by atoms with Crippen molar-refractivity contribution in [3.05, 3.63) is 54.1 Å². The molecule has 2 amide bonds. The van der Waals surface area contributed by atoms with Crippen LogP contribution in [0.2, 0.25) is 0 Å². The van der Waals surface area contributed by atoms with Crippen molar-refractivity contribution < 1.29 is 9.59 Å². The number of nitrogen functional groups attached to an aromatic ring is 1. The van der Waals surface area contributed by atoms with E-state index in [1.54, 1.807) is 18.2 Å². The number of nitrogens with zero attached hydrogens (tertiary/aromatic N) is 3. The number of hydrogen-bond donors (Lipinski definition) is 2. The van der Waals surface area contributed by atoms with Gasteiger partial charge in [0.2, 0.25) is 5.91 Å². The molecule has 0 unspecified atom stereocenters. The van der Waals surface area contributed by atoms with Gasteiger partial charge in [-0.05, 0) is 17.7 Å². The maximum Gasteiger partial charge on any atom is 0.257 e. The molecule has 0 saturated carbocycles. The minimum atomic E-state index is -0.593. The topological polar surface area (TPSA) is 115 Å². The second-order valence-corrected chi connectivity index (χ2v) is 4.50. The van der Waals surface area contributed by atoms with E-state index in [0.717, 1.165) is 5.56 Å². The fourth-order valence-corrected chi connectivity index (χ4v) is 1.89. The Morgan fingerprint density at radius 3 is 2.52 bits per heavy atom. The van der Waals surface area contributed by atoms with Gasteiger partial charge in [0.05, 0.1) is 12.1 Å². The first-order valence-electron chi connectivity index (χ1n) is 6.23. The van der Waals surface area contributed by atoms with E-state index in [4.69, 9.17) is 11.5 Å².